The zero-order valence-electron chi connectivity index (χ0n) is 19.1. The maximum absolute atomic E-state index is 12.7. The van der Waals surface area contributed by atoms with Crippen molar-refractivity contribution in [1.82, 2.24) is 14.9 Å². The second-order valence-electron chi connectivity index (χ2n) is 8.32. The predicted octanol–water partition coefficient (Wildman–Crippen LogP) is 5.81. The molecule has 0 radical (unpaired) electrons. The van der Waals surface area contributed by atoms with Gasteiger partial charge >= 0.3 is 0 Å². The number of para-hydroxylation sites is 2. The van der Waals surface area contributed by atoms with Crippen LogP contribution in [0.15, 0.2) is 66.7 Å². The van der Waals surface area contributed by atoms with E-state index in [0.29, 0.717) is 18.2 Å². The maximum Gasteiger partial charge on any atom is 0.224 e. The van der Waals surface area contributed by atoms with Gasteiger partial charge in [-0.2, -0.15) is 0 Å². The third-order valence-corrected chi connectivity index (χ3v) is 5.88. The van der Waals surface area contributed by atoms with Crippen LogP contribution in [-0.4, -0.2) is 22.1 Å². The zero-order valence-corrected chi connectivity index (χ0v) is 19.9. The number of nitrogens with zero attached hydrogens (tertiary/aromatic N) is 2. The normalized spacial score (nSPS) is 12.0. The molecule has 0 bridgehead atoms. The van der Waals surface area contributed by atoms with Gasteiger partial charge in [0.25, 0.3) is 0 Å². The Morgan fingerprint density at radius 1 is 1.09 bits per heavy atom. The monoisotopic (exact) mass is 461 g/mol. The predicted molar refractivity (Wildman–Crippen MR) is 133 cm³/mol. The summed E-state index contributed by atoms with van der Waals surface area (Å²) in [7, 11) is 0. The van der Waals surface area contributed by atoms with Crippen LogP contribution in [0.1, 0.15) is 35.5 Å². The number of carbonyl (C=O) groups excluding carboxylic acids is 1. The van der Waals surface area contributed by atoms with E-state index < -0.39 is 0 Å². The highest BCUT2D eigenvalue weighted by molar-refractivity contribution is 6.30. The standard InChI is InChI=1S/C27H28ClN3O2/c1-18-8-13-25(19(2)16-18)33-15-14-31-24-7-5-4-6-23(24)30-27(31)20(3)29-26(32)17-21-9-11-22(28)12-10-21/h4-13,16,20H,14-15,17H2,1-3H3,(H,29,32). The van der Waals surface area contributed by atoms with Crippen molar-refractivity contribution in [3.05, 3.63) is 94.3 Å². The number of aryl methyl sites for hydroxylation is 2. The number of carbonyl (C=O) groups is 1. The molecule has 0 aliphatic heterocycles. The summed E-state index contributed by atoms with van der Waals surface area (Å²) < 4.78 is 8.20. The van der Waals surface area contributed by atoms with Gasteiger partial charge in [0.2, 0.25) is 5.91 Å². The molecule has 33 heavy (non-hydrogen) atoms. The molecule has 0 aliphatic carbocycles. The van der Waals surface area contributed by atoms with Crippen molar-refractivity contribution >= 4 is 28.5 Å². The fourth-order valence-corrected chi connectivity index (χ4v) is 4.14. The molecule has 1 heterocycles. The van der Waals surface area contributed by atoms with Gasteiger partial charge in [-0.25, -0.2) is 4.98 Å². The first-order valence-corrected chi connectivity index (χ1v) is 11.5. The number of hydrogen-bond acceptors (Lipinski definition) is 3. The van der Waals surface area contributed by atoms with Crippen molar-refractivity contribution in [3.63, 3.8) is 0 Å². The highest BCUT2D eigenvalue weighted by Crippen LogP contribution is 2.22. The Balaban J connectivity index is 1.48. The molecule has 1 atom stereocenters. The van der Waals surface area contributed by atoms with Gasteiger partial charge in [0.1, 0.15) is 18.2 Å². The first-order valence-electron chi connectivity index (χ1n) is 11.1. The minimum atomic E-state index is -0.252. The molecule has 170 valence electrons. The first-order chi connectivity index (χ1) is 15.9. The summed E-state index contributed by atoms with van der Waals surface area (Å²) in [6.45, 7) is 7.22. The molecule has 0 saturated carbocycles. The van der Waals surface area contributed by atoms with E-state index in [9.17, 15) is 4.79 Å². The number of hydrogen-bond donors (Lipinski definition) is 1. The lowest BCUT2D eigenvalue weighted by atomic mass is 10.1. The number of imidazole rings is 1. The third-order valence-electron chi connectivity index (χ3n) is 5.63. The van der Waals surface area contributed by atoms with Crippen LogP contribution in [0.5, 0.6) is 5.75 Å². The Morgan fingerprint density at radius 2 is 1.85 bits per heavy atom. The van der Waals surface area contributed by atoms with Crippen LogP contribution in [0.25, 0.3) is 11.0 Å². The van der Waals surface area contributed by atoms with Crippen LogP contribution < -0.4 is 10.1 Å². The lowest BCUT2D eigenvalue weighted by Gasteiger charge is -2.17. The molecule has 5 nitrogen and oxygen atoms in total. The number of rotatable bonds is 8. The summed E-state index contributed by atoms with van der Waals surface area (Å²) in [6, 6.07) is 21.3. The SMILES string of the molecule is Cc1ccc(OCCn2c(C(C)NC(=O)Cc3ccc(Cl)cc3)nc3ccccc32)c(C)c1. The van der Waals surface area contributed by atoms with Crippen molar-refractivity contribution < 1.29 is 9.53 Å². The van der Waals surface area contributed by atoms with Gasteiger partial charge in [0, 0.05) is 5.02 Å². The van der Waals surface area contributed by atoms with Crippen LogP contribution in [0.4, 0.5) is 0 Å². The van der Waals surface area contributed by atoms with E-state index >= 15 is 0 Å². The highest BCUT2D eigenvalue weighted by atomic mass is 35.5. The van der Waals surface area contributed by atoms with E-state index in [1.54, 1.807) is 12.1 Å². The van der Waals surface area contributed by atoms with Crippen LogP contribution >= 0.6 is 11.6 Å². The molecule has 1 unspecified atom stereocenters. The minimum absolute atomic E-state index is 0.0602. The molecule has 3 aromatic carbocycles. The van der Waals surface area contributed by atoms with Crippen molar-refractivity contribution in [1.29, 1.82) is 0 Å². The molecule has 0 saturated heterocycles. The molecular formula is C27H28ClN3O2. The zero-order chi connectivity index (χ0) is 23.4. The summed E-state index contributed by atoms with van der Waals surface area (Å²) in [5.74, 6) is 1.63. The van der Waals surface area contributed by atoms with Gasteiger partial charge in [0.15, 0.2) is 0 Å². The van der Waals surface area contributed by atoms with Crippen molar-refractivity contribution in [2.75, 3.05) is 6.61 Å². The lowest BCUT2D eigenvalue weighted by molar-refractivity contribution is -0.121. The number of nitrogens with one attached hydrogen (secondary N) is 1. The Morgan fingerprint density at radius 3 is 2.61 bits per heavy atom. The number of aromatic nitrogens is 2. The molecule has 4 rings (SSSR count). The molecule has 1 aromatic heterocycles. The molecular weight excluding hydrogens is 434 g/mol. The average molecular weight is 462 g/mol. The Hall–Kier alpha value is -3.31. The van der Waals surface area contributed by atoms with E-state index in [1.807, 2.05) is 49.4 Å². The van der Waals surface area contributed by atoms with Gasteiger partial charge in [0.05, 0.1) is 30.0 Å². The maximum atomic E-state index is 12.7. The van der Waals surface area contributed by atoms with Crippen molar-refractivity contribution in [3.8, 4) is 5.75 Å². The molecule has 1 amide bonds. The molecule has 4 aromatic rings. The molecule has 1 N–H and O–H groups in total. The molecule has 0 spiro atoms. The summed E-state index contributed by atoms with van der Waals surface area (Å²) in [5.41, 5.74) is 5.17. The van der Waals surface area contributed by atoms with E-state index in [2.05, 4.69) is 35.9 Å². The van der Waals surface area contributed by atoms with E-state index in [0.717, 1.165) is 33.7 Å². The fourth-order valence-electron chi connectivity index (χ4n) is 4.01. The van der Waals surface area contributed by atoms with Crippen LogP contribution in [0.3, 0.4) is 0 Å². The van der Waals surface area contributed by atoms with Crippen LogP contribution in [0.2, 0.25) is 5.02 Å². The summed E-state index contributed by atoms with van der Waals surface area (Å²) in [5, 5.41) is 3.74. The minimum Gasteiger partial charge on any atom is -0.491 e. The fraction of sp³-hybridized carbons (Fsp3) is 0.259. The first kappa shape index (κ1) is 22.9. The Kier molecular flexibility index (Phi) is 6.99. The van der Waals surface area contributed by atoms with Gasteiger partial charge < -0.3 is 14.6 Å². The van der Waals surface area contributed by atoms with Crippen molar-refractivity contribution in [2.24, 2.45) is 0 Å². The Bertz CT molecular complexity index is 1260. The van der Waals surface area contributed by atoms with Crippen LogP contribution in [0, 0.1) is 13.8 Å². The number of ether oxygens (including phenoxy) is 1. The highest BCUT2D eigenvalue weighted by Gasteiger charge is 2.18. The third kappa shape index (κ3) is 5.55. The van der Waals surface area contributed by atoms with E-state index in [4.69, 9.17) is 21.3 Å². The molecule has 0 aliphatic rings. The number of fused-ring (bicyclic) bond motifs is 1. The summed E-state index contributed by atoms with van der Waals surface area (Å²) in [6.07, 6.45) is 0.289. The van der Waals surface area contributed by atoms with Gasteiger partial charge in [-0.1, -0.05) is 53.6 Å². The Labute approximate surface area is 199 Å². The van der Waals surface area contributed by atoms with Crippen molar-refractivity contribution in [2.45, 2.75) is 39.8 Å². The summed E-state index contributed by atoms with van der Waals surface area (Å²) in [4.78, 5) is 17.5. The number of halogens is 1. The van der Waals surface area contributed by atoms with E-state index in [-0.39, 0.29) is 18.4 Å². The number of amides is 1. The molecule has 0 fully saturated rings. The second-order valence-corrected chi connectivity index (χ2v) is 8.76. The van der Waals surface area contributed by atoms with Gasteiger partial charge in [-0.3, -0.25) is 4.79 Å². The number of benzene rings is 3. The van der Waals surface area contributed by atoms with Gasteiger partial charge in [-0.15, -0.1) is 0 Å². The topological polar surface area (TPSA) is 56.1 Å². The lowest BCUT2D eigenvalue weighted by Crippen LogP contribution is -2.30. The summed E-state index contributed by atoms with van der Waals surface area (Å²) >= 11 is 5.94. The molecule has 6 heteroatoms. The second kappa shape index (κ2) is 10.1. The van der Waals surface area contributed by atoms with E-state index in [1.165, 1.54) is 5.56 Å². The quantitative estimate of drug-likeness (QED) is 0.360. The smallest absolute Gasteiger partial charge is 0.224 e. The van der Waals surface area contributed by atoms with Gasteiger partial charge in [-0.05, 0) is 62.2 Å². The largest absolute Gasteiger partial charge is 0.491 e. The average Bonchev–Trinajstić information content (AvgIpc) is 3.16. The van der Waals surface area contributed by atoms with Crippen LogP contribution in [-0.2, 0) is 17.8 Å².